The average Bonchev–Trinajstić information content (AvgIpc) is 2.98. The van der Waals surface area contributed by atoms with Crippen LogP contribution in [0.1, 0.15) is 31.0 Å². The van der Waals surface area contributed by atoms with Crippen molar-refractivity contribution in [1.82, 2.24) is 20.0 Å². The molecule has 1 aromatic rings. The molecule has 5 heteroatoms. The van der Waals surface area contributed by atoms with E-state index in [0.29, 0.717) is 6.04 Å². The van der Waals surface area contributed by atoms with Gasteiger partial charge in [-0.05, 0) is 32.9 Å². The second-order valence-electron chi connectivity index (χ2n) is 5.31. The first-order chi connectivity index (χ1) is 9.17. The summed E-state index contributed by atoms with van der Waals surface area (Å²) in [5, 5.41) is 7.92. The summed E-state index contributed by atoms with van der Waals surface area (Å²) in [6, 6.07) is 0.643. The number of hydrogen-bond acceptors (Lipinski definition) is 4. The second kappa shape index (κ2) is 6.39. The van der Waals surface area contributed by atoms with Gasteiger partial charge in [0, 0.05) is 26.2 Å². The van der Waals surface area contributed by atoms with Crippen LogP contribution < -0.4 is 10.1 Å². The minimum Gasteiger partial charge on any atom is -0.481 e. The van der Waals surface area contributed by atoms with Gasteiger partial charge in [0.25, 0.3) is 0 Å². The Morgan fingerprint density at radius 2 is 2.32 bits per heavy atom. The standard InChI is InChI=1S/C14H26N4O/c1-5-8-18(12-6-7-15-9-12)10-13-11(2)16-17(3)14(13)19-4/h12,15H,5-10H2,1-4H3. The molecule has 1 aromatic heterocycles. The van der Waals surface area contributed by atoms with Gasteiger partial charge in [0.1, 0.15) is 0 Å². The first-order valence-corrected chi connectivity index (χ1v) is 7.18. The molecule has 1 aliphatic rings. The molecule has 0 saturated carbocycles. The van der Waals surface area contributed by atoms with Crippen molar-refractivity contribution in [2.45, 2.75) is 39.3 Å². The van der Waals surface area contributed by atoms with Crippen LogP contribution in [-0.4, -0.2) is 47.5 Å². The van der Waals surface area contributed by atoms with Gasteiger partial charge in [0.05, 0.1) is 18.4 Å². The molecule has 19 heavy (non-hydrogen) atoms. The first kappa shape index (κ1) is 14.3. The lowest BCUT2D eigenvalue weighted by atomic mass is 10.1. The van der Waals surface area contributed by atoms with Crippen molar-refractivity contribution < 1.29 is 4.74 Å². The van der Waals surface area contributed by atoms with E-state index in [4.69, 9.17) is 4.74 Å². The molecule has 0 aliphatic carbocycles. The minimum absolute atomic E-state index is 0.643. The third-order valence-corrected chi connectivity index (χ3v) is 3.90. The van der Waals surface area contributed by atoms with Crippen molar-refractivity contribution in [1.29, 1.82) is 0 Å². The van der Waals surface area contributed by atoms with Crippen LogP contribution in [0.25, 0.3) is 0 Å². The fourth-order valence-corrected chi connectivity index (χ4v) is 2.95. The SMILES string of the molecule is CCCN(Cc1c(C)nn(C)c1OC)C1CCNC1. The highest BCUT2D eigenvalue weighted by atomic mass is 16.5. The highest BCUT2D eigenvalue weighted by molar-refractivity contribution is 5.30. The zero-order valence-corrected chi connectivity index (χ0v) is 12.6. The van der Waals surface area contributed by atoms with Crippen molar-refractivity contribution >= 4 is 0 Å². The molecule has 0 amide bonds. The Balaban J connectivity index is 2.16. The largest absolute Gasteiger partial charge is 0.481 e. The Morgan fingerprint density at radius 1 is 1.53 bits per heavy atom. The molecule has 0 bridgehead atoms. The number of aryl methyl sites for hydroxylation is 2. The Kier molecular flexibility index (Phi) is 4.82. The van der Waals surface area contributed by atoms with E-state index in [1.165, 1.54) is 18.4 Å². The van der Waals surface area contributed by atoms with Gasteiger partial charge in [-0.3, -0.25) is 4.90 Å². The molecular weight excluding hydrogens is 240 g/mol. The van der Waals surface area contributed by atoms with Crippen LogP contribution in [0.15, 0.2) is 0 Å². The lowest BCUT2D eigenvalue weighted by Gasteiger charge is -2.28. The molecule has 1 aliphatic heterocycles. The van der Waals surface area contributed by atoms with Gasteiger partial charge < -0.3 is 10.1 Å². The van der Waals surface area contributed by atoms with Crippen molar-refractivity contribution in [2.75, 3.05) is 26.7 Å². The van der Waals surface area contributed by atoms with Gasteiger partial charge in [-0.25, -0.2) is 4.68 Å². The van der Waals surface area contributed by atoms with Gasteiger partial charge in [-0.2, -0.15) is 5.10 Å². The number of rotatable bonds is 6. The smallest absolute Gasteiger partial charge is 0.216 e. The van der Waals surface area contributed by atoms with E-state index >= 15 is 0 Å². The van der Waals surface area contributed by atoms with Crippen LogP contribution in [0.3, 0.4) is 0 Å². The van der Waals surface area contributed by atoms with Crippen LogP contribution in [0.5, 0.6) is 5.88 Å². The number of ether oxygens (including phenoxy) is 1. The van der Waals surface area contributed by atoms with Crippen LogP contribution >= 0.6 is 0 Å². The van der Waals surface area contributed by atoms with Crippen molar-refractivity contribution in [3.8, 4) is 5.88 Å². The zero-order valence-electron chi connectivity index (χ0n) is 12.6. The molecule has 1 saturated heterocycles. The molecule has 0 aromatic carbocycles. The highest BCUT2D eigenvalue weighted by Gasteiger charge is 2.24. The molecule has 5 nitrogen and oxygen atoms in total. The van der Waals surface area contributed by atoms with Gasteiger partial charge in [-0.1, -0.05) is 6.92 Å². The number of nitrogens with zero attached hydrogens (tertiary/aromatic N) is 3. The third-order valence-electron chi connectivity index (χ3n) is 3.90. The normalized spacial score (nSPS) is 19.3. The molecule has 1 fully saturated rings. The summed E-state index contributed by atoms with van der Waals surface area (Å²) in [5.74, 6) is 0.893. The van der Waals surface area contributed by atoms with E-state index in [1.807, 2.05) is 11.7 Å². The molecule has 1 N–H and O–H groups in total. The summed E-state index contributed by atoms with van der Waals surface area (Å²) in [6.07, 6.45) is 2.42. The van der Waals surface area contributed by atoms with Crippen LogP contribution in [0.2, 0.25) is 0 Å². The number of nitrogens with one attached hydrogen (secondary N) is 1. The van der Waals surface area contributed by atoms with Crippen molar-refractivity contribution in [3.05, 3.63) is 11.3 Å². The zero-order chi connectivity index (χ0) is 13.8. The monoisotopic (exact) mass is 266 g/mol. The van der Waals surface area contributed by atoms with Crippen LogP contribution in [-0.2, 0) is 13.6 Å². The van der Waals surface area contributed by atoms with E-state index < -0.39 is 0 Å². The number of aromatic nitrogens is 2. The Hall–Kier alpha value is -1.07. The van der Waals surface area contributed by atoms with Gasteiger partial charge in [0.2, 0.25) is 5.88 Å². The van der Waals surface area contributed by atoms with E-state index in [0.717, 1.165) is 37.8 Å². The quantitative estimate of drug-likeness (QED) is 0.843. The van der Waals surface area contributed by atoms with Gasteiger partial charge in [0.15, 0.2) is 0 Å². The molecule has 2 rings (SSSR count). The molecule has 1 unspecified atom stereocenters. The van der Waals surface area contributed by atoms with Crippen LogP contribution in [0.4, 0.5) is 0 Å². The van der Waals surface area contributed by atoms with Gasteiger partial charge in [-0.15, -0.1) is 0 Å². The summed E-state index contributed by atoms with van der Waals surface area (Å²) in [6.45, 7) is 8.60. The number of hydrogen-bond donors (Lipinski definition) is 1. The van der Waals surface area contributed by atoms with E-state index in [9.17, 15) is 0 Å². The predicted octanol–water partition coefficient (Wildman–Crippen LogP) is 1.31. The summed E-state index contributed by atoms with van der Waals surface area (Å²) in [7, 11) is 3.66. The molecule has 108 valence electrons. The van der Waals surface area contributed by atoms with E-state index in [-0.39, 0.29) is 0 Å². The van der Waals surface area contributed by atoms with Crippen molar-refractivity contribution in [3.63, 3.8) is 0 Å². The molecule has 2 heterocycles. The average molecular weight is 266 g/mol. The highest BCUT2D eigenvalue weighted by Crippen LogP contribution is 2.24. The fraction of sp³-hybridized carbons (Fsp3) is 0.786. The lowest BCUT2D eigenvalue weighted by molar-refractivity contribution is 0.196. The molecule has 1 atom stereocenters. The van der Waals surface area contributed by atoms with Gasteiger partial charge >= 0.3 is 0 Å². The Morgan fingerprint density at radius 3 is 2.89 bits per heavy atom. The summed E-state index contributed by atoms with van der Waals surface area (Å²) >= 11 is 0. The van der Waals surface area contributed by atoms with E-state index in [2.05, 4.69) is 29.2 Å². The Labute approximate surface area is 115 Å². The fourth-order valence-electron chi connectivity index (χ4n) is 2.95. The van der Waals surface area contributed by atoms with Crippen LogP contribution in [0, 0.1) is 6.92 Å². The van der Waals surface area contributed by atoms with E-state index in [1.54, 1.807) is 7.11 Å². The third kappa shape index (κ3) is 3.09. The second-order valence-corrected chi connectivity index (χ2v) is 5.31. The lowest BCUT2D eigenvalue weighted by Crippen LogP contribution is -2.37. The summed E-state index contributed by atoms with van der Waals surface area (Å²) in [4.78, 5) is 2.56. The topological polar surface area (TPSA) is 42.3 Å². The predicted molar refractivity (Wildman–Crippen MR) is 76.5 cm³/mol. The molecule has 0 spiro atoms. The minimum atomic E-state index is 0.643. The molecule has 0 radical (unpaired) electrons. The molecular formula is C14H26N4O. The van der Waals surface area contributed by atoms with Crippen molar-refractivity contribution in [2.24, 2.45) is 7.05 Å². The maximum absolute atomic E-state index is 5.50. The Bertz CT molecular complexity index is 410. The maximum Gasteiger partial charge on any atom is 0.216 e. The summed E-state index contributed by atoms with van der Waals surface area (Å²) < 4.78 is 7.33. The number of methoxy groups -OCH3 is 1. The maximum atomic E-state index is 5.50. The summed E-state index contributed by atoms with van der Waals surface area (Å²) in [5.41, 5.74) is 2.30. The first-order valence-electron chi connectivity index (χ1n) is 7.18.